The second-order valence-corrected chi connectivity index (χ2v) is 5.49. The molecule has 1 aliphatic rings. The summed E-state index contributed by atoms with van der Waals surface area (Å²) in [5.74, 6) is -1.80. The van der Waals surface area contributed by atoms with Crippen molar-refractivity contribution in [3.05, 3.63) is 35.9 Å². The van der Waals surface area contributed by atoms with Crippen molar-refractivity contribution in [1.29, 1.82) is 0 Å². The molecule has 1 aromatic carbocycles. The first-order valence-electron chi connectivity index (χ1n) is 6.72. The van der Waals surface area contributed by atoms with Gasteiger partial charge in [-0.15, -0.1) is 0 Å². The number of rotatable bonds is 4. The van der Waals surface area contributed by atoms with E-state index in [1.807, 2.05) is 30.3 Å². The van der Waals surface area contributed by atoms with E-state index in [9.17, 15) is 19.1 Å². The van der Waals surface area contributed by atoms with Crippen LogP contribution in [0.4, 0.5) is 9.18 Å². The van der Waals surface area contributed by atoms with Crippen LogP contribution in [0.25, 0.3) is 0 Å². The van der Waals surface area contributed by atoms with Crippen LogP contribution in [0.5, 0.6) is 0 Å². The fourth-order valence-corrected chi connectivity index (χ4v) is 2.47. The molecule has 5 nitrogen and oxygen atoms in total. The standard InChI is InChI=1S/C15H18FNO4/c1-15(13(18)19)10-17(8-12(15)7-16)14(20)21-9-11-5-3-2-4-6-11/h2-6,12H,7-10H2,1H3,(H,18,19)/t12-,15-/m0/s1. The van der Waals surface area contributed by atoms with Crippen molar-refractivity contribution >= 4 is 12.1 Å². The Labute approximate surface area is 122 Å². The Bertz CT molecular complexity index is 522. The van der Waals surface area contributed by atoms with E-state index in [-0.39, 0.29) is 19.7 Å². The van der Waals surface area contributed by atoms with Gasteiger partial charge >= 0.3 is 12.1 Å². The topological polar surface area (TPSA) is 66.8 Å². The number of likely N-dealkylation sites (tertiary alicyclic amines) is 1. The predicted octanol–water partition coefficient (Wildman–Crippen LogP) is 2.32. The highest BCUT2D eigenvalue weighted by molar-refractivity contribution is 5.78. The highest BCUT2D eigenvalue weighted by Gasteiger charge is 2.50. The van der Waals surface area contributed by atoms with Gasteiger partial charge in [0.25, 0.3) is 0 Å². The molecule has 0 bridgehead atoms. The zero-order valence-electron chi connectivity index (χ0n) is 11.8. The third-order valence-corrected chi connectivity index (χ3v) is 4.00. The molecule has 0 spiro atoms. The van der Waals surface area contributed by atoms with Crippen molar-refractivity contribution in [3.8, 4) is 0 Å². The molecule has 0 aromatic heterocycles. The third kappa shape index (κ3) is 3.15. The Kier molecular flexibility index (Phi) is 4.45. The first-order chi connectivity index (χ1) is 9.97. The van der Waals surface area contributed by atoms with E-state index in [0.29, 0.717) is 0 Å². The van der Waals surface area contributed by atoms with Crippen molar-refractivity contribution in [3.63, 3.8) is 0 Å². The summed E-state index contributed by atoms with van der Waals surface area (Å²) in [6.45, 7) is 0.826. The molecule has 1 amide bonds. The Morgan fingerprint density at radius 3 is 2.62 bits per heavy atom. The van der Waals surface area contributed by atoms with E-state index in [1.165, 1.54) is 11.8 Å². The third-order valence-electron chi connectivity index (χ3n) is 4.00. The quantitative estimate of drug-likeness (QED) is 0.925. The van der Waals surface area contributed by atoms with Gasteiger partial charge in [0.2, 0.25) is 0 Å². The highest BCUT2D eigenvalue weighted by atomic mass is 19.1. The fourth-order valence-electron chi connectivity index (χ4n) is 2.47. The molecule has 0 saturated carbocycles. The minimum Gasteiger partial charge on any atom is -0.481 e. The number of amides is 1. The molecule has 2 atom stereocenters. The second-order valence-electron chi connectivity index (χ2n) is 5.49. The molecule has 21 heavy (non-hydrogen) atoms. The summed E-state index contributed by atoms with van der Waals surface area (Å²) >= 11 is 0. The SMILES string of the molecule is C[C@]1(C(=O)O)CN(C(=O)OCc2ccccc2)C[C@@H]1CF. The Morgan fingerprint density at radius 1 is 1.43 bits per heavy atom. The van der Waals surface area contributed by atoms with E-state index in [2.05, 4.69) is 0 Å². The molecule has 2 rings (SSSR count). The minimum absolute atomic E-state index is 0.0372. The second kappa shape index (κ2) is 6.11. The summed E-state index contributed by atoms with van der Waals surface area (Å²) in [6, 6.07) is 9.17. The van der Waals surface area contributed by atoms with Gasteiger partial charge in [-0.25, -0.2) is 4.79 Å². The number of aliphatic carboxylic acids is 1. The van der Waals surface area contributed by atoms with Crippen LogP contribution in [0.2, 0.25) is 0 Å². The van der Waals surface area contributed by atoms with Crippen LogP contribution < -0.4 is 0 Å². The molecule has 1 fully saturated rings. The maximum absolute atomic E-state index is 13.0. The van der Waals surface area contributed by atoms with E-state index >= 15 is 0 Å². The average molecular weight is 295 g/mol. The Morgan fingerprint density at radius 2 is 2.10 bits per heavy atom. The van der Waals surface area contributed by atoms with Crippen molar-refractivity contribution in [2.24, 2.45) is 11.3 Å². The van der Waals surface area contributed by atoms with Crippen LogP contribution >= 0.6 is 0 Å². The van der Waals surface area contributed by atoms with E-state index in [0.717, 1.165) is 5.56 Å². The molecule has 0 unspecified atom stereocenters. The number of carbonyl (C=O) groups is 2. The van der Waals surface area contributed by atoms with Crippen molar-refractivity contribution in [1.82, 2.24) is 4.90 Å². The monoisotopic (exact) mass is 295 g/mol. The molecule has 0 aliphatic carbocycles. The predicted molar refractivity (Wildman–Crippen MR) is 73.4 cm³/mol. The fraction of sp³-hybridized carbons (Fsp3) is 0.467. The average Bonchev–Trinajstić information content (AvgIpc) is 2.84. The summed E-state index contributed by atoms with van der Waals surface area (Å²) in [4.78, 5) is 24.5. The molecule has 1 aliphatic heterocycles. The van der Waals surface area contributed by atoms with Gasteiger partial charge in [0.05, 0.1) is 12.1 Å². The number of hydrogen-bond donors (Lipinski definition) is 1. The zero-order valence-corrected chi connectivity index (χ0v) is 11.8. The van der Waals surface area contributed by atoms with Gasteiger partial charge in [-0.05, 0) is 12.5 Å². The maximum Gasteiger partial charge on any atom is 0.410 e. The molecule has 6 heteroatoms. The van der Waals surface area contributed by atoms with Crippen molar-refractivity contribution in [2.75, 3.05) is 19.8 Å². The van der Waals surface area contributed by atoms with Gasteiger partial charge in [0, 0.05) is 19.0 Å². The van der Waals surface area contributed by atoms with Crippen LogP contribution in [0, 0.1) is 11.3 Å². The summed E-state index contributed by atoms with van der Waals surface area (Å²) in [5.41, 5.74) is -0.423. The first-order valence-corrected chi connectivity index (χ1v) is 6.72. The lowest BCUT2D eigenvalue weighted by Crippen LogP contribution is -2.37. The van der Waals surface area contributed by atoms with Gasteiger partial charge in [0.1, 0.15) is 6.61 Å². The molecule has 114 valence electrons. The van der Waals surface area contributed by atoms with Gasteiger partial charge in [-0.2, -0.15) is 0 Å². The molecule has 1 heterocycles. The first kappa shape index (κ1) is 15.3. The molecule has 1 saturated heterocycles. The number of ether oxygens (including phenoxy) is 1. The molecule has 1 aromatic rings. The summed E-state index contributed by atoms with van der Waals surface area (Å²) in [7, 11) is 0. The van der Waals surface area contributed by atoms with Crippen molar-refractivity contribution < 1.29 is 23.8 Å². The van der Waals surface area contributed by atoms with Gasteiger partial charge in [0.15, 0.2) is 0 Å². The highest BCUT2D eigenvalue weighted by Crippen LogP contribution is 2.36. The number of nitrogens with zero attached hydrogens (tertiary/aromatic N) is 1. The minimum atomic E-state index is -1.26. The van der Waals surface area contributed by atoms with Gasteiger partial charge < -0.3 is 14.7 Å². The number of halogens is 1. The Balaban J connectivity index is 1.96. The van der Waals surface area contributed by atoms with Crippen LogP contribution in [-0.4, -0.2) is 41.8 Å². The Hall–Kier alpha value is -2.11. The van der Waals surface area contributed by atoms with Crippen LogP contribution in [0.1, 0.15) is 12.5 Å². The lowest BCUT2D eigenvalue weighted by Gasteiger charge is -2.22. The van der Waals surface area contributed by atoms with Crippen molar-refractivity contribution in [2.45, 2.75) is 13.5 Å². The molecular formula is C15H18FNO4. The smallest absolute Gasteiger partial charge is 0.410 e. The summed E-state index contributed by atoms with van der Waals surface area (Å²) < 4.78 is 18.1. The van der Waals surface area contributed by atoms with E-state index in [4.69, 9.17) is 4.74 Å². The number of benzene rings is 1. The number of hydrogen-bond acceptors (Lipinski definition) is 3. The maximum atomic E-state index is 13.0. The number of alkyl halides is 1. The number of carboxylic acid groups (broad SMARTS) is 1. The summed E-state index contributed by atoms with van der Waals surface area (Å²) in [5, 5.41) is 9.24. The van der Waals surface area contributed by atoms with Gasteiger partial charge in [-0.1, -0.05) is 30.3 Å². The van der Waals surface area contributed by atoms with Gasteiger partial charge in [-0.3, -0.25) is 9.18 Å². The zero-order chi connectivity index (χ0) is 15.5. The largest absolute Gasteiger partial charge is 0.481 e. The number of carboxylic acids is 1. The summed E-state index contributed by atoms with van der Waals surface area (Å²) in [6.07, 6.45) is -0.609. The normalized spacial score (nSPS) is 24.9. The molecular weight excluding hydrogens is 277 g/mol. The molecule has 0 radical (unpaired) electrons. The van der Waals surface area contributed by atoms with Crippen LogP contribution in [0.3, 0.4) is 0 Å². The van der Waals surface area contributed by atoms with E-state index < -0.39 is 30.1 Å². The van der Waals surface area contributed by atoms with E-state index in [1.54, 1.807) is 0 Å². The lowest BCUT2D eigenvalue weighted by molar-refractivity contribution is -0.149. The molecule has 1 N–H and O–H groups in total. The lowest BCUT2D eigenvalue weighted by atomic mass is 9.81. The van der Waals surface area contributed by atoms with Crippen LogP contribution in [0.15, 0.2) is 30.3 Å². The van der Waals surface area contributed by atoms with Crippen LogP contribution in [-0.2, 0) is 16.1 Å². The number of carbonyl (C=O) groups excluding carboxylic acids is 1.